The third-order valence-electron chi connectivity index (χ3n) is 1.22. The van der Waals surface area contributed by atoms with Crippen molar-refractivity contribution in [2.45, 2.75) is 25.3 Å². The lowest BCUT2D eigenvalue weighted by Crippen LogP contribution is -2.35. The van der Waals surface area contributed by atoms with E-state index in [2.05, 4.69) is 4.74 Å². The second-order valence-electron chi connectivity index (χ2n) is 2.18. The molecule has 0 aliphatic carbocycles. The molecule has 1 fully saturated rings. The molecule has 1 aliphatic rings. The summed E-state index contributed by atoms with van der Waals surface area (Å²) in [5, 5.41) is 9.51. The van der Waals surface area contributed by atoms with Gasteiger partial charge in [0.05, 0.1) is 18.6 Å². The van der Waals surface area contributed by atoms with Gasteiger partial charge in [0.15, 0.2) is 0 Å². The maximum atomic E-state index is 10.7. The zero-order valence-corrected chi connectivity index (χ0v) is 4.89. The number of carbonyl (C=O) groups is 1. The van der Waals surface area contributed by atoms with E-state index >= 15 is 0 Å². The minimum Gasteiger partial charge on any atom is -0.465 e. The van der Waals surface area contributed by atoms with Crippen LogP contribution in [-0.2, 0) is 9.53 Å². The van der Waals surface area contributed by atoms with Gasteiger partial charge in [0.25, 0.3) is 0 Å². The van der Waals surface area contributed by atoms with Crippen LogP contribution in [0.25, 0.3) is 0 Å². The Bertz CT molecular complexity index is 201. The molecule has 1 unspecified atom stereocenters. The molecule has 1 rings (SSSR count). The van der Waals surface area contributed by atoms with Crippen LogP contribution in [0.2, 0.25) is 0 Å². The number of hydrogen-bond donors (Lipinski definition) is 1. The number of carbonyl (C=O) groups excluding carboxylic acids is 1. The van der Waals surface area contributed by atoms with Gasteiger partial charge in [-0.15, -0.1) is 0 Å². The summed E-state index contributed by atoms with van der Waals surface area (Å²) in [6.45, 7) is -2.53. The lowest BCUT2D eigenvalue weighted by molar-refractivity contribution is -0.157. The van der Waals surface area contributed by atoms with Crippen LogP contribution in [0, 0.1) is 0 Å². The summed E-state index contributed by atoms with van der Waals surface area (Å²) in [6, 6.07) is 0. The lowest BCUT2D eigenvalue weighted by Gasteiger charge is -2.26. The van der Waals surface area contributed by atoms with E-state index in [1.807, 2.05) is 0 Å². The van der Waals surface area contributed by atoms with Gasteiger partial charge in [-0.2, -0.15) is 0 Å². The summed E-state index contributed by atoms with van der Waals surface area (Å²) in [5.41, 5.74) is -1.89. The minimum atomic E-state index is -2.51. The number of esters is 1. The van der Waals surface area contributed by atoms with Crippen LogP contribution < -0.4 is 0 Å². The standard InChI is InChI=1S/C6H10O3/c1-6(8)2-3-9-5(7)4-6/h8H,2-4H2,1H3/i1D3. The van der Waals surface area contributed by atoms with Gasteiger partial charge in [0.1, 0.15) is 0 Å². The second-order valence-corrected chi connectivity index (χ2v) is 2.18. The lowest BCUT2D eigenvalue weighted by atomic mass is 9.97. The van der Waals surface area contributed by atoms with E-state index in [1.54, 1.807) is 0 Å². The molecule has 0 amide bonds. The van der Waals surface area contributed by atoms with Crippen molar-refractivity contribution in [1.29, 1.82) is 0 Å². The molecule has 1 N–H and O–H groups in total. The van der Waals surface area contributed by atoms with Crippen molar-refractivity contribution < 1.29 is 18.8 Å². The van der Waals surface area contributed by atoms with Crippen LogP contribution in [0.3, 0.4) is 0 Å². The summed E-state index contributed by atoms with van der Waals surface area (Å²) in [7, 11) is 0. The van der Waals surface area contributed by atoms with E-state index in [4.69, 9.17) is 4.11 Å². The number of aliphatic hydroxyl groups is 1. The molecule has 1 saturated heterocycles. The first kappa shape index (κ1) is 3.56. The number of hydrogen-bond acceptors (Lipinski definition) is 3. The quantitative estimate of drug-likeness (QED) is 0.476. The van der Waals surface area contributed by atoms with E-state index in [1.165, 1.54) is 0 Å². The fraction of sp³-hybridized carbons (Fsp3) is 0.833. The minimum absolute atomic E-state index is 0.0186. The first-order valence-corrected chi connectivity index (χ1v) is 2.73. The Balaban J connectivity index is 2.77. The maximum absolute atomic E-state index is 10.7. The SMILES string of the molecule is [2H]C([2H])([2H])C1(O)CCOC(=O)C1. The fourth-order valence-electron chi connectivity index (χ4n) is 0.712. The third-order valence-corrected chi connectivity index (χ3v) is 1.22. The molecule has 52 valence electrons. The van der Waals surface area contributed by atoms with Crippen LogP contribution in [0.4, 0.5) is 0 Å². The van der Waals surface area contributed by atoms with E-state index in [0.29, 0.717) is 0 Å². The molecule has 0 aromatic rings. The van der Waals surface area contributed by atoms with Crippen molar-refractivity contribution in [2.24, 2.45) is 0 Å². The van der Waals surface area contributed by atoms with Crippen LogP contribution in [-0.4, -0.2) is 23.3 Å². The Morgan fingerprint density at radius 3 is 3.22 bits per heavy atom. The number of ether oxygens (including phenoxy) is 1. The molecule has 1 heterocycles. The molecule has 3 heteroatoms. The van der Waals surface area contributed by atoms with E-state index in [0.717, 1.165) is 0 Å². The van der Waals surface area contributed by atoms with Crippen LogP contribution >= 0.6 is 0 Å². The molecule has 0 spiro atoms. The highest BCUT2D eigenvalue weighted by Crippen LogP contribution is 2.19. The van der Waals surface area contributed by atoms with Gasteiger partial charge in [0.2, 0.25) is 0 Å². The largest absolute Gasteiger partial charge is 0.465 e. The smallest absolute Gasteiger partial charge is 0.308 e. The highest BCUT2D eigenvalue weighted by Gasteiger charge is 2.29. The molecule has 1 aliphatic heterocycles. The molecule has 0 radical (unpaired) electrons. The van der Waals surface area contributed by atoms with Gasteiger partial charge in [-0.1, -0.05) is 0 Å². The Kier molecular flexibility index (Phi) is 0.787. The fourth-order valence-corrected chi connectivity index (χ4v) is 0.712. The van der Waals surface area contributed by atoms with Crippen molar-refractivity contribution in [3.05, 3.63) is 0 Å². The van der Waals surface area contributed by atoms with Gasteiger partial charge < -0.3 is 9.84 Å². The predicted molar refractivity (Wildman–Crippen MR) is 30.8 cm³/mol. The molecular formula is C6H10O3. The molecule has 0 aromatic heterocycles. The van der Waals surface area contributed by atoms with E-state index < -0.39 is 24.8 Å². The maximum Gasteiger partial charge on any atom is 0.308 e. The first-order valence-electron chi connectivity index (χ1n) is 4.23. The summed E-state index contributed by atoms with van der Waals surface area (Å²) >= 11 is 0. The molecular weight excluding hydrogens is 120 g/mol. The Morgan fingerprint density at radius 1 is 2.00 bits per heavy atom. The van der Waals surface area contributed by atoms with Gasteiger partial charge >= 0.3 is 5.97 Å². The van der Waals surface area contributed by atoms with E-state index in [9.17, 15) is 9.90 Å². The van der Waals surface area contributed by atoms with E-state index in [-0.39, 0.29) is 13.0 Å². The summed E-state index contributed by atoms with van der Waals surface area (Å²) in [5.74, 6) is -0.653. The molecule has 9 heavy (non-hydrogen) atoms. The zero-order valence-electron chi connectivity index (χ0n) is 7.89. The zero-order chi connectivity index (χ0) is 9.41. The number of rotatable bonds is 0. The molecule has 3 nitrogen and oxygen atoms in total. The highest BCUT2D eigenvalue weighted by atomic mass is 16.5. The van der Waals surface area contributed by atoms with Crippen molar-refractivity contribution in [1.82, 2.24) is 0 Å². The summed E-state index contributed by atoms with van der Waals surface area (Å²) < 4.78 is 25.5. The summed E-state index contributed by atoms with van der Waals surface area (Å²) in [4.78, 5) is 10.7. The molecule has 0 aromatic carbocycles. The Hall–Kier alpha value is -0.570. The highest BCUT2D eigenvalue weighted by molar-refractivity contribution is 5.71. The predicted octanol–water partition coefficient (Wildman–Crippen LogP) is 0.0744. The third kappa shape index (κ3) is 1.68. The van der Waals surface area contributed by atoms with Crippen molar-refractivity contribution in [3.8, 4) is 0 Å². The van der Waals surface area contributed by atoms with Gasteiger partial charge in [-0.3, -0.25) is 4.79 Å². The van der Waals surface area contributed by atoms with Crippen molar-refractivity contribution in [3.63, 3.8) is 0 Å². The summed E-state index contributed by atoms with van der Waals surface area (Å²) in [6.07, 6.45) is -0.460. The van der Waals surface area contributed by atoms with Gasteiger partial charge in [0, 0.05) is 10.5 Å². The van der Waals surface area contributed by atoms with Crippen LogP contribution in [0.15, 0.2) is 0 Å². The van der Waals surface area contributed by atoms with Crippen molar-refractivity contribution >= 4 is 5.97 Å². The van der Waals surface area contributed by atoms with Crippen LogP contribution in [0.5, 0.6) is 0 Å². The monoisotopic (exact) mass is 133 g/mol. The van der Waals surface area contributed by atoms with Gasteiger partial charge in [-0.05, 0) is 6.85 Å². The Labute approximate surface area is 57.8 Å². The average molecular weight is 133 g/mol. The second kappa shape index (κ2) is 1.99. The first-order chi connectivity index (χ1) is 5.35. The van der Waals surface area contributed by atoms with Crippen molar-refractivity contribution in [2.75, 3.05) is 6.61 Å². The average Bonchev–Trinajstić information content (AvgIpc) is 1.83. The normalized spacial score (nSPS) is 42.3. The molecule has 0 bridgehead atoms. The number of cyclic esters (lactones) is 1. The topological polar surface area (TPSA) is 46.5 Å². The molecule has 1 atom stereocenters. The van der Waals surface area contributed by atoms with Gasteiger partial charge in [-0.25, -0.2) is 0 Å². The van der Waals surface area contributed by atoms with Crippen LogP contribution in [0.1, 0.15) is 23.8 Å². The Morgan fingerprint density at radius 2 is 2.78 bits per heavy atom. The molecule has 0 saturated carbocycles.